The summed E-state index contributed by atoms with van der Waals surface area (Å²) in [7, 11) is 0. The quantitative estimate of drug-likeness (QED) is 0.223. The van der Waals surface area contributed by atoms with E-state index >= 15 is 0 Å². The molecule has 40 heavy (non-hydrogen) atoms. The van der Waals surface area contributed by atoms with Crippen molar-refractivity contribution in [1.29, 1.82) is 0 Å². The van der Waals surface area contributed by atoms with Crippen molar-refractivity contribution in [3.8, 4) is 27.9 Å². The molecule has 0 amide bonds. The van der Waals surface area contributed by atoms with Gasteiger partial charge in [-0.25, -0.2) is 0 Å². The van der Waals surface area contributed by atoms with Crippen LogP contribution in [0.15, 0.2) is 164 Å². The topological polar surface area (TPSA) is 4.93 Å². The Labute approximate surface area is 234 Å². The molecule has 7 aromatic rings. The van der Waals surface area contributed by atoms with E-state index in [9.17, 15) is 0 Å². The molecule has 0 fully saturated rings. The third-order valence-electron chi connectivity index (χ3n) is 8.52. The van der Waals surface area contributed by atoms with E-state index in [4.69, 9.17) is 0 Å². The van der Waals surface area contributed by atoms with Gasteiger partial charge in [0, 0.05) is 17.3 Å². The third-order valence-corrected chi connectivity index (χ3v) is 8.52. The Bertz CT molecular complexity index is 1940. The highest BCUT2D eigenvalue weighted by Crippen LogP contribution is 2.56. The molecule has 8 rings (SSSR count). The first-order valence-electron chi connectivity index (χ1n) is 13.9. The SMILES string of the molecule is c1ccc(-n2ccc3cc(-c4ccc5c(c4)C(c4ccccc4)(c4ccccc4)c4ccccc4-5)ccc32)cc1. The summed E-state index contributed by atoms with van der Waals surface area (Å²) in [5.74, 6) is 0. The standard InChI is InChI=1S/C39H27N/c1-4-12-31(13-5-1)39(32-14-6-2-7-15-32)36-19-11-10-18-34(36)35-22-20-29(27-37(35)39)28-21-23-38-30(26-28)24-25-40(38)33-16-8-3-9-17-33/h1-27H. The van der Waals surface area contributed by atoms with Crippen LogP contribution in [0.1, 0.15) is 22.3 Å². The molecule has 0 aliphatic heterocycles. The molecule has 188 valence electrons. The van der Waals surface area contributed by atoms with Crippen molar-refractivity contribution < 1.29 is 0 Å². The maximum absolute atomic E-state index is 2.44. The van der Waals surface area contributed by atoms with Crippen molar-refractivity contribution in [2.45, 2.75) is 5.41 Å². The van der Waals surface area contributed by atoms with E-state index < -0.39 is 0 Å². The summed E-state index contributed by atoms with van der Waals surface area (Å²) in [5, 5.41) is 1.24. The Morgan fingerprint density at radius 3 is 1.73 bits per heavy atom. The Balaban J connectivity index is 1.35. The Kier molecular flexibility index (Phi) is 5.11. The van der Waals surface area contributed by atoms with Crippen LogP contribution in [0.4, 0.5) is 0 Å². The van der Waals surface area contributed by atoms with Crippen LogP contribution in [0.5, 0.6) is 0 Å². The molecule has 1 heterocycles. The van der Waals surface area contributed by atoms with E-state index in [1.807, 2.05) is 0 Å². The fourth-order valence-electron chi connectivity index (χ4n) is 6.76. The highest BCUT2D eigenvalue weighted by Gasteiger charge is 2.45. The molecule has 0 bridgehead atoms. The van der Waals surface area contributed by atoms with Crippen LogP contribution in [0.2, 0.25) is 0 Å². The smallest absolute Gasteiger partial charge is 0.0713 e. The number of aromatic nitrogens is 1. The van der Waals surface area contributed by atoms with Crippen LogP contribution in [-0.2, 0) is 5.41 Å². The van der Waals surface area contributed by atoms with Crippen LogP contribution in [0.3, 0.4) is 0 Å². The molecule has 0 unspecified atom stereocenters. The predicted octanol–water partition coefficient (Wildman–Crippen LogP) is 9.66. The molecule has 1 heteroatoms. The van der Waals surface area contributed by atoms with Gasteiger partial charge in [-0.05, 0) is 80.9 Å². The largest absolute Gasteiger partial charge is 0.317 e. The molecule has 6 aromatic carbocycles. The van der Waals surface area contributed by atoms with Crippen LogP contribution in [0, 0.1) is 0 Å². The lowest BCUT2D eigenvalue weighted by atomic mass is 9.67. The van der Waals surface area contributed by atoms with Crippen molar-refractivity contribution in [3.63, 3.8) is 0 Å². The van der Waals surface area contributed by atoms with Crippen molar-refractivity contribution in [1.82, 2.24) is 4.57 Å². The highest BCUT2D eigenvalue weighted by atomic mass is 15.0. The summed E-state index contributed by atoms with van der Waals surface area (Å²) >= 11 is 0. The van der Waals surface area contributed by atoms with Gasteiger partial charge in [-0.2, -0.15) is 0 Å². The summed E-state index contributed by atoms with van der Waals surface area (Å²) < 4.78 is 2.26. The van der Waals surface area contributed by atoms with Gasteiger partial charge in [0.25, 0.3) is 0 Å². The first kappa shape index (κ1) is 22.8. The molecule has 1 nitrogen and oxygen atoms in total. The summed E-state index contributed by atoms with van der Waals surface area (Å²) in [4.78, 5) is 0. The van der Waals surface area contributed by atoms with E-state index in [0.29, 0.717) is 0 Å². The Morgan fingerprint density at radius 2 is 1.00 bits per heavy atom. The minimum absolute atomic E-state index is 0.384. The van der Waals surface area contributed by atoms with E-state index in [2.05, 4.69) is 168 Å². The van der Waals surface area contributed by atoms with Crippen LogP contribution in [0.25, 0.3) is 38.8 Å². The molecular formula is C39H27N. The lowest BCUT2D eigenvalue weighted by Crippen LogP contribution is -2.28. The van der Waals surface area contributed by atoms with Gasteiger partial charge in [0.2, 0.25) is 0 Å². The molecule has 0 spiro atoms. The molecule has 0 atom stereocenters. The molecule has 1 aliphatic rings. The van der Waals surface area contributed by atoms with E-state index in [0.717, 1.165) is 0 Å². The monoisotopic (exact) mass is 509 g/mol. The van der Waals surface area contributed by atoms with Gasteiger partial charge in [-0.3, -0.25) is 0 Å². The zero-order valence-electron chi connectivity index (χ0n) is 22.0. The molecule has 0 saturated heterocycles. The minimum Gasteiger partial charge on any atom is -0.317 e. The number of nitrogens with zero attached hydrogens (tertiary/aromatic N) is 1. The lowest BCUT2D eigenvalue weighted by molar-refractivity contribution is 0.769. The molecule has 0 N–H and O–H groups in total. The van der Waals surface area contributed by atoms with Crippen molar-refractivity contribution >= 4 is 10.9 Å². The van der Waals surface area contributed by atoms with E-state index in [-0.39, 0.29) is 5.41 Å². The second-order valence-electron chi connectivity index (χ2n) is 10.6. The Morgan fingerprint density at radius 1 is 0.425 bits per heavy atom. The van der Waals surface area contributed by atoms with Crippen molar-refractivity contribution in [2.24, 2.45) is 0 Å². The normalized spacial score (nSPS) is 13.2. The number of para-hydroxylation sites is 1. The first-order chi connectivity index (χ1) is 19.8. The lowest BCUT2D eigenvalue weighted by Gasteiger charge is -2.34. The second kappa shape index (κ2) is 8.97. The van der Waals surface area contributed by atoms with Crippen molar-refractivity contribution in [3.05, 3.63) is 186 Å². The van der Waals surface area contributed by atoms with Gasteiger partial charge in [0.05, 0.1) is 10.9 Å². The third kappa shape index (κ3) is 3.28. The number of rotatable bonds is 4. The summed E-state index contributed by atoms with van der Waals surface area (Å²) in [6.07, 6.45) is 2.17. The summed E-state index contributed by atoms with van der Waals surface area (Å²) in [6, 6.07) is 57.6. The molecular weight excluding hydrogens is 482 g/mol. The minimum atomic E-state index is -0.384. The fraction of sp³-hybridized carbons (Fsp3) is 0.0256. The van der Waals surface area contributed by atoms with Gasteiger partial charge in [-0.15, -0.1) is 0 Å². The molecule has 1 aliphatic carbocycles. The van der Waals surface area contributed by atoms with Crippen LogP contribution < -0.4 is 0 Å². The van der Waals surface area contributed by atoms with Gasteiger partial charge >= 0.3 is 0 Å². The Hall–Kier alpha value is -5.14. The van der Waals surface area contributed by atoms with E-state index in [1.165, 1.54) is 61.1 Å². The van der Waals surface area contributed by atoms with Crippen LogP contribution in [-0.4, -0.2) is 4.57 Å². The number of benzene rings is 6. The zero-order valence-corrected chi connectivity index (χ0v) is 22.0. The van der Waals surface area contributed by atoms with Crippen molar-refractivity contribution in [2.75, 3.05) is 0 Å². The second-order valence-corrected chi connectivity index (χ2v) is 10.6. The van der Waals surface area contributed by atoms with Gasteiger partial charge in [0.1, 0.15) is 0 Å². The molecule has 1 aromatic heterocycles. The molecule has 0 saturated carbocycles. The van der Waals surface area contributed by atoms with Gasteiger partial charge in [-0.1, -0.05) is 121 Å². The van der Waals surface area contributed by atoms with E-state index in [1.54, 1.807) is 0 Å². The van der Waals surface area contributed by atoms with Gasteiger partial charge in [0.15, 0.2) is 0 Å². The zero-order chi connectivity index (χ0) is 26.5. The first-order valence-corrected chi connectivity index (χ1v) is 13.9. The average molecular weight is 510 g/mol. The fourth-order valence-corrected chi connectivity index (χ4v) is 6.76. The summed E-state index contributed by atoms with van der Waals surface area (Å²) in [5.41, 5.74) is 12.4. The number of fused-ring (bicyclic) bond motifs is 4. The average Bonchev–Trinajstić information content (AvgIpc) is 3.59. The highest BCUT2D eigenvalue weighted by molar-refractivity contribution is 5.91. The predicted molar refractivity (Wildman–Crippen MR) is 166 cm³/mol. The number of hydrogen-bond acceptors (Lipinski definition) is 0. The number of hydrogen-bond donors (Lipinski definition) is 0. The maximum atomic E-state index is 2.44. The maximum Gasteiger partial charge on any atom is 0.0713 e. The molecule has 0 radical (unpaired) electrons. The summed E-state index contributed by atoms with van der Waals surface area (Å²) in [6.45, 7) is 0. The van der Waals surface area contributed by atoms with Crippen LogP contribution >= 0.6 is 0 Å². The van der Waals surface area contributed by atoms with Gasteiger partial charge < -0.3 is 4.57 Å².